The SMILES string of the molecule is C[C@@H]1CN(C(=O)C(=N)C2=C(NCC(=O)N3CCC(Oc4cccc(Cl)c4F)CC3)CCC2)C[C@H](C)O1. The first kappa shape index (κ1) is 26.4. The lowest BCUT2D eigenvalue weighted by Gasteiger charge is -2.35. The third kappa shape index (κ3) is 6.18. The van der Waals surface area contributed by atoms with Crippen molar-refractivity contribution in [2.45, 2.75) is 64.3 Å². The molecule has 10 heteroatoms. The highest BCUT2D eigenvalue weighted by molar-refractivity contribution is 6.44. The second-order valence-electron chi connectivity index (χ2n) is 9.76. The normalized spacial score (nSPS) is 23.1. The molecule has 2 aliphatic heterocycles. The van der Waals surface area contributed by atoms with Gasteiger partial charge in [-0.3, -0.25) is 15.0 Å². The minimum atomic E-state index is -0.566. The molecule has 1 aliphatic carbocycles. The number of benzene rings is 1. The lowest BCUT2D eigenvalue weighted by Crippen LogP contribution is -2.50. The maximum atomic E-state index is 14.1. The van der Waals surface area contributed by atoms with E-state index in [1.54, 1.807) is 21.9 Å². The largest absolute Gasteiger partial charge is 0.487 e. The lowest BCUT2D eigenvalue weighted by molar-refractivity contribution is -0.136. The molecule has 8 nitrogen and oxygen atoms in total. The van der Waals surface area contributed by atoms with E-state index in [0.29, 0.717) is 51.0 Å². The summed E-state index contributed by atoms with van der Waals surface area (Å²) in [5, 5.41) is 11.8. The van der Waals surface area contributed by atoms with E-state index in [9.17, 15) is 14.0 Å². The van der Waals surface area contributed by atoms with Crippen molar-refractivity contribution in [1.82, 2.24) is 15.1 Å². The molecule has 0 unspecified atom stereocenters. The highest BCUT2D eigenvalue weighted by Crippen LogP contribution is 2.28. The summed E-state index contributed by atoms with van der Waals surface area (Å²) in [5.41, 5.74) is 1.52. The molecule has 0 bridgehead atoms. The zero-order valence-electron chi connectivity index (χ0n) is 20.8. The molecule has 0 saturated carbocycles. The van der Waals surface area contributed by atoms with E-state index in [2.05, 4.69) is 5.32 Å². The minimum absolute atomic E-state index is 0.00922. The van der Waals surface area contributed by atoms with Crippen LogP contribution in [0.3, 0.4) is 0 Å². The zero-order valence-corrected chi connectivity index (χ0v) is 21.6. The van der Waals surface area contributed by atoms with E-state index in [-0.39, 0.29) is 53.2 Å². The quantitative estimate of drug-likeness (QED) is 0.536. The Morgan fingerprint density at radius 3 is 2.56 bits per heavy atom. The number of piperidine rings is 1. The first-order chi connectivity index (χ1) is 17.2. The number of carbonyl (C=O) groups is 2. The van der Waals surface area contributed by atoms with Gasteiger partial charge in [0, 0.05) is 50.3 Å². The van der Waals surface area contributed by atoms with Crippen molar-refractivity contribution < 1.29 is 23.5 Å². The number of nitrogens with zero attached hydrogens (tertiary/aromatic N) is 2. The van der Waals surface area contributed by atoms with Crippen LogP contribution in [0.15, 0.2) is 29.5 Å². The molecule has 2 fully saturated rings. The predicted molar refractivity (Wildman–Crippen MR) is 135 cm³/mol. The molecular weight excluding hydrogens is 487 g/mol. The van der Waals surface area contributed by atoms with Crippen LogP contribution in [0.25, 0.3) is 0 Å². The van der Waals surface area contributed by atoms with E-state index in [1.807, 2.05) is 13.8 Å². The maximum Gasteiger partial charge on any atom is 0.272 e. The Morgan fingerprint density at radius 2 is 1.86 bits per heavy atom. The van der Waals surface area contributed by atoms with Crippen molar-refractivity contribution in [3.63, 3.8) is 0 Å². The molecule has 0 radical (unpaired) electrons. The van der Waals surface area contributed by atoms with E-state index in [0.717, 1.165) is 18.5 Å². The van der Waals surface area contributed by atoms with Gasteiger partial charge in [0.2, 0.25) is 5.91 Å². The van der Waals surface area contributed by atoms with Crippen LogP contribution in [0, 0.1) is 11.2 Å². The molecule has 4 rings (SSSR count). The van der Waals surface area contributed by atoms with Gasteiger partial charge in [-0.15, -0.1) is 0 Å². The Labute approximate surface area is 216 Å². The van der Waals surface area contributed by atoms with Gasteiger partial charge >= 0.3 is 0 Å². The van der Waals surface area contributed by atoms with Gasteiger partial charge in [-0.1, -0.05) is 17.7 Å². The Bertz CT molecular complexity index is 1030. The first-order valence-corrected chi connectivity index (χ1v) is 13.0. The first-order valence-electron chi connectivity index (χ1n) is 12.6. The third-order valence-electron chi connectivity index (χ3n) is 6.90. The number of carbonyl (C=O) groups excluding carboxylic acids is 2. The van der Waals surface area contributed by atoms with Crippen LogP contribution in [-0.4, -0.2) is 78.4 Å². The zero-order chi connectivity index (χ0) is 25.8. The average molecular weight is 521 g/mol. The van der Waals surface area contributed by atoms with Crippen LogP contribution in [0.5, 0.6) is 5.75 Å². The molecule has 1 aromatic carbocycles. The molecule has 2 heterocycles. The van der Waals surface area contributed by atoms with Crippen molar-refractivity contribution in [1.29, 1.82) is 5.41 Å². The summed E-state index contributed by atoms with van der Waals surface area (Å²) in [4.78, 5) is 29.3. The number of rotatable bonds is 7. The number of nitrogens with one attached hydrogen (secondary N) is 2. The van der Waals surface area contributed by atoms with E-state index >= 15 is 0 Å². The molecule has 0 spiro atoms. The van der Waals surface area contributed by atoms with Gasteiger partial charge in [0.1, 0.15) is 11.8 Å². The second kappa shape index (κ2) is 11.6. The van der Waals surface area contributed by atoms with Crippen molar-refractivity contribution in [3.05, 3.63) is 40.3 Å². The van der Waals surface area contributed by atoms with Gasteiger partial charge in [0.05, 0.1) is 23.8 Å². The smallest absolute Gasteiger partial charge is 0.272 e. The van der Waals surface area contributed by atoms with E-state index in [1.165, 1.54) is 6.07 Å². The number of ether oxygens (including phenoxy) is 2. The molecule has 1 aromatic rings. The maximum absolute atomic E-state index is 14.1. The Hall–Kier alpha value is -2.65. The van der Waals surface area contributed by atoms with Crippen molar-refractivity contribution in [2.75, 3.05) is 32.7 Å². The molecule has 196 valence electrons. The fourth-order valence-corrected chi connectivity index (χ4v) is 5.28. The number of hydrogen-bond acceptors (Lipinski definition) is 6. The predicted octanol–water partition coefficient (Wildman–Crippen LogP) is 3.53. The molecule has 0 aromatic heterocycles. The van der Waals surface area contributed by atoms with E-state index < -0.39 is 5.82 Å². The monoisotopic (exact) mass is 520 g/mol. The van der Waals surface area contributed by atoms with Crippen molar-refractivity contribution >= 4 is 29.1 Å². The number of likely N-dealkylation sites (tertiary alicyclic amines) is 1. The van der Waals surface area contributed by atoms with Gasteiger partial charge in [0.15, 0.2) is 11.6 Å². The molecule has 2 N–H and O–H groups in total. The summed E-state index contributed by atoms with van der Waals surface area (Å²) in [6.07, 6.45) is 3.11. The third-order valence-corrected chi connectivity index (χ3v) is 7.19. The van der Waals surface area contributed by atoms with Crippen molar-refractivity contribution in [2.24, 2.45) is 0 Å². The average Bonchev–Trinajstić information content (AvgIpc) is 3.33. The topological polar surface area (TPSA) is 95.0 Å². The summed E-state index contributed by atoms with van der Waals surface area (Å²) in [5.74, 6) is -0.760. The van der Waals surface area contributed by atoms with Gasteiger partial charge < -0.3 is 24.6 Å². The Morgan fingerprint density at radius 1 is 1.17 bits per heavy atom. The molecule has 2 atom stereocenters. The highest BCUT2D eigenvalue weighted by Gasteiger charge is 2.32. The second-order valence-corrected chi connectivity index (χ2v) is 10.2. The summed E-state index contributed by atoms with van der Waals surface area (Å²) >= 11 is 5.82. The van der Waals surface area contributed by atoms with Gasteiger partial charge in [-0.2, -0.15) is 0 Å². The molecule has 36 heavy (non-hydrogen) atoms. The summed E-state index contributed by atoms with van der Waals surface area (Å²) in [7, 11) is 0. The summed E-state index contributed by atoms with van der Waals surface area (Å²) in [6, 6.07) is 4.68. The number of hydrogen-bond donors (Lipinski definition) is 2. The van der Waals surface area contributed by atoms with Crippen LogP contribution in [0.1, 0.15) is 46.0 Å². The van der Waals surface area contributed by atoms with Crippen LogP contribution < -0.4 is 10.1 Å². The van der Waals surface area contributed by atoms with Crippen LogP contribution in [-0.2, 0) is 14.3 Å². The van der Waals surface area contributed by atoms with Crippen molar-refractivity contribution in [3.8, 4) is 5.75 Å². The van der Waals surface area contributed by atoms with Gasteiger partial charge in [0.25, 0.3) is 5.91 Å². The number of allylic oxidation sites excluding steroid dienone is 1. The minimum Gasteiger partial charge on any atom is -0.487 e. The number of amides is 2. The van der Waals surface area contributed by atoms with Crippen LogP contribution >= 0.6 is 11.6 Å². The molecule has 2 amide bonds. The number of morpholine rings is 1. The molecule has 2 saturated heterocycles. The van der Waals surface area contributed by atoms with E-state index in [4.69, 9.17) is 26.5 Å². The standard InChI is InChI=1S/C26H34ClFN4O4/c1-16-14-32(15-17(2)35-16)26(34)25(29)19-5-3-7-21(19)30-13-23(33)31-11-9-18(10-12-31)36-22-8-4-6-20(27)24(22)28/h4,6,8,16-18,29-30H,3,5,7,9-15H2,1-2H3/t16-,17+. The molecule has 3 aliphatic rings. The Kier molecular flexibility index (Phi) is 8.51. The van der Waals surface area contributed by atoms with Crippen LogP contribution in [0.4, 0.5) is 4.39 Å². The van der Waals surface area contributed by atoms with Crippen LogP contribution in [0.2, 0.25) is 5.02 Å². The van der Waals surface area contributed by atoms with Gasteiger partial charge in [-0.25, -0.2) is 4.39 Å². The molecular formula is C26H34ClFN4O4. The lowest BCUT2D eigenvalue weighted by atomic mass is 10.1. The van der Waals surface area contributed by atoms with Gasteiger partial charge in [-0.05, 0) is 45.2 Å². The summed E-state index contributed by atoms with van der Waals surface area (Å²) < 4.78 is 25.6. The fourth-order valence-electron chi connectivity index (χ4n) is 5.12. The fraction of sp³-hybridized carbons (Fsp3) is 0.577. The highest BCUT2D eigenvalue weighted by atomic mass is 35.5. The Balaban J connectivity index is 1.27. The number of halogens is 2. The summed E-state index contributed by atoms with van der Waals surface area (Å²) in [6.45, 7) is 5.95.